The van der Waals surface area contributed by atoms with E-state index in [0.29, 0.717) is 6.61 Å². The summed E-state index contributed by atoms with van der Waals surface area (Å²) in [6, 6.07) is 0. The van der Waals surface area contributed by atoms with Crippen molar-refractivity contribution in [3.8, 4) is 0 Å². The average Bonchev–Trinajstić information content (AvgIpc) is 1.90. The summed E-state index contributed by atoms with van der Waals surface area (Å²) in [5.74, 6) is 0. The standard InChI is InChI=1S/C4H10O.C3H7NO2.H3N/c1-3-5-4-2;1-2-6-3(4)5;/h3-4H2,1-2H3;2H2,1H3,(H2,4,5);1H3. The maximum Gasteiger partial charge on any atom is 0.404 e. The van der Waals surface area contributed by atoms with Crippen LogP contribution in [-0.2, 0) is 9.47 Å². The number of rotatable bonds is 3. The lowest BCUT2D eigenvalue weighted by molar-refractivity contribution is 0.162. The molecule has 0 radical (unpaired) electrons. The number of carbonyl (C=O) groups is 1. The van der Waals surface area contributed by atoms with Crippen LogP contribution in [0.2, 0.25) is 0 Å². The van der Waals surface area contributed by atoms with E-state index in [1.807, 2.05) is 13.8 Å². The van der Waals surface area contributed by atoms with Crippen LogP contribution in [0, 0.1) is 0 Å². The Morgan fingerprint density at radius 1 is 1.17 bits per heavy atom. The Kier molecular flexibility index (Phi) is 24.0. The van der Waals surface area contributed by atoms with Gasteiger partial charge in [0.25, 0.3) is 0 Å². The minimum Gasteiger partial charge on any atom is -0.450 e. The lowest BCUT2D eigenvalue weighted by atomic mass is 10.8. The Bertz CT molecular complexity index is 86.7. The van der Waals surface area contributed by atoms with Gasteiger partial charge < -0.3 is 21.4 Å². The first-order chi connectivity index (χ1) is 5.18. The molecule has 5 heteroatoms. The third kappa shape index (κ3) is 35.1. The van der Waals surface area contributed by atoms with Crippen LogP contribution < -0.4 is 11.9 Å². The average molecular weight is 180 g/mol. The number of ether oxygens (including phenoxy) is 2. The summed E-state index contributed by atoms with van der Waals surface area (Å²) in [5.41, 5.74) is 4.54. The van der Waals surface area contributed by atoms with Crippen LogP contribution >= 0.6 is 0 Å². The van der Waals surface area contributed by atoms with Gasteiger partial charge in [-0.25, -0.2) is 4.79 Å². The Hall–Kier alpha value is -0.810. The quantitative estimate of drug-likeness (QED) is 0.684. The van der Waals surface area contributed by atoms with Crippen LogP contribution in [0.25, 0.3) is 0 Å². The Morgan fingerprint density at radius 2 is 1.58 bits per heavy atom. The highest BCUT2D eigenvalue weighted by molar-refractivity contribution is 5.64. The first kappa shape index (κ1) is 17.3. The molecule has 0 aliphatic heterocycles. The minimum absolute atomic E-state index is 0. The molecule has 0 rings (SSSR count). The van der Waals surface area contributed by atoms with Crippen molar-refractivity contribution in [1.82, 2.24) is 6.15 Å². The van der Waals surface area contributed by atoms with E-state index in [2.05, 4.69) is 10.5 Å². The smallest absolute Gasteiger partial charge is 0.404 e. The zero-order valence-electron chi connectivity index (χ0n) is 8.13. The molecule has 0 fully saturated rings. The molecule has 0 bridgehead atoms. The van der Waals surface area contributed by atoms with Gasteiger partial charge in [0, 0.05) is 13.2 Å². The molecule has 0 aromatic carbocycles. The summed E-state index contributed by atoms with van der Waals surface area (Å²) in [7, 11) is 0. The molecule has 0 atom stereocenters. The van der Waals surface area contributed by atoms with Crippen LogP contribution in [0.5, 0.6) is 0 Å². The van der Waals surface area contributed by atoms with E-state index in [9.17, 15) is 4.79 Å². The molecule has 0 aromatic rings. The van der Waals surface area contributed by atoms with E-state index in [-0.39, 0.29) is 6.15 Å². The van der Waals surface area contributed by atoms with E-state index < -0.39 is 6.09 Å². The number of primary amides is 1. The summed E-state index contributed by atoms with van der Waals surface area (Å²) in [5, 5.41) is 0. The largest absolute Gasteiger partial charge is 0.450 e. The van der Waals surface area contributed by atoms with Gasteiger partial charge in [-0.3, -0.25) is 0 Å². The van der Waals surface area contributed by atoms with Gasteiger partial charge >= 0.3 is 6.09 Å². The monoisotopic (exact) mass is 180 g/mol. The molecule has 5 nitrogen and oxygen atoms in total. The Labute approximate surface area is 73.8 Å². The third-order valence-electron chi connectivity index (χ3n) is 0.695. The Morgan fingerprint density at radius 3 is 1.58 bits per heavy atom. The molecular weight excluding hydrogens is 160 g/mol. The van der Waals surface area contributed by atoms with Gasteiger partial charge in [-0.1, -0.05) is 0 Å². The van der Waals surface area contributed by atoms with E-state index >= 15 is 0 Å². The normalized spacial score (nSPS) is 7.25. The fourth-order valence-corrected chi connectivity index (χ4v) is 0.346. The second-order valence-corrected chi connectivity index (χ2v) is 1.53. The minimum atomic E-state index is -0.711. The zero-order valence-corrected chi connectivity index (χ0v) is 8.13. The molecule has 1 amide bonds. The van der Waals surface area contributed by atoms with Crippen LogP contribution in [0.4, 0.5) is 4.79 Å². The summed E-state index contributed by atoms with van der Waals surface area (Å²) in [6.07, 6.45) is -0.711. The number of carbonyl (C=O) groups excluding carboxylic acids is 1. The molecule has 76 valence electrons. The summed E-state index contributed by atoms with van der Waals surface area (Å²) in [4.78, 5) is 9.60. The van der Waals surface area contributed by atoms with Gasteiger partial charge in [0.05, 0.1) is 6.61 Å². The van der Waals surface area contributed by atoms with Crippen molar-refractivity contribution in [1.29, 1.82) is 0 Å². The maximum absolute atomic E-state index is 9.60. The zero-order chi connectivity index (χ0) is 9.11. The van der Waals surface area contributed by atoms with Crippen molar-refractivity contribution in [2.45, 2.75) is 20.8 Å². The number of hydrogen-bond acceptors (Lipinski definition) is 4. The molecule has 0 aromatic heterocycles. The van der Waals surface area contributed by atoms with Crippen molar-refractivity contribution in [3.63, 3.8) is 0 Å². The number of hydrogen-bond donors (Lipinski definition) is 2. The molecule has 0 spiro atoms. The van der Waals surface area contributed by atoms with Gasteiger partial charge in [-0.15, -0.1) is 0 Å². The van der Waals surface area contributed by atoms with Gasteiger partial charge in [0.2, 0.25) is 0 Å². The van der Waals surface area contributed by atoms with Crippen LogP contribution in [-0.4, -0.2) is 25.9 Å². The Balaban J connectivity index is -0.000000126. The fourth-order valence-electron chi connectivity index (χ4n) is 0.346. The predicted octanol–water partition coefficient (Wildman–Crippen LogP) is 1.31. The van der Waals surface area contributed by atoms with E-state index in [0.717, 1.165) is 13.2 Å². The molecular formula is C7H20N2O3. The first-order valence-corrected chi connectivity index (χ1v) is 3.68. The molecule has 0 heterocycles. The summed E-state index contributed by atoms with van der Waals surface area (Å²) >= 11 is 0. The molecule has 0 saturated carbocycles. The van der Waals surface area contributed by atoms with Crippen LogP contribution in [0.1, 0.15) is 20.8 Å². The SMILES string of the molecule is CCOC(N)=O.CCOCC.N. The second kappa shape index (κ2) is 16.6. The van der Waals surface area contributed by atoms with Crippen LogP contribution in [0.15, 0.2) is 0 Å². The molecule has 0 aliphatic carbocycles. The van der Waals surface area contributed by atoms with Crippen molar-refractivity contribution in [2.75, 3.05) is 19.8 Å². The van der Waals surface area contributed by atoms with E-state index in [1.165, 1.54) is 0 Å². The molecule has 0 unspecified atom stereocenters. The predicted molar refractivity (Wildman–Crippen MR) is 48.4 cm³/mol. The van der Waals surface area contributed by atoms with E-state index in [1.54, 1.807) is 6.92 Å². The lowest BCUT2D eigenvalue weighted by Gasteiger charge is -1.89. The van der Waals surface area contributed by atoms with Gasteiger partial charge in [0.15, 0.2) is 0 Å². The van der Waals surface area contributed by atoms with Gasteiger partial charge in [-0.05, 0) is 20.8 Å². The second-order valence-electron chi connectivity index (χ2n) is 1.53. The van der Waals surface area contributed by atoms with Crippen LogP contribution in [0.3, 0.4) is 0 Å². The summed E-state index contributed by atoms with van der Waals surface area (Å²) < 4.78 is 9.01. The van der Waals surface area contributed by atoms with Crippen molar-refractivity contribution in [2.24, 2.45) is 5.73 Å². The van der Waals surface area contributed by atoms with Crippen molar-refractivity contribution in [3.05, 3.63) is 0 Å². The highest BCUT2D eigenvalue weighted by Crippen LogP contribution is 1.66. The van der Waals surface area contributed by atoms with Gasteiger partial charge in [-0.2, -0.15) is 0 Å². The summed E-state index contributed by atoms with van der Waals surface area (Å²) in [6.45, 7) is 7.72. The highest BCUT2D eigenvalue weighted by Gasteiger charge is 1.82. The van der Waals surface area contributed by atoms with E-state index in [4.69, 9.17) is 4.74 Å². The molecule has 0 saturated heterocycles. The molecule has 12 heavy (non-hydrogen) atoms. The van der Waals surface area contributed by atoms with Crippen molar-refractivity contribution >= 4 is 6.09 Å². The maximum atomic E-state index is 9.60. The third-order valence-corrected chi connectivity index (χ3v) is 0.695. The molecule has 0 aliphatic rings. The van der Waals surface area contributed by atoms with Gasteiger partial charge in [0.1, 0.15) is 0 Å². The van der Waals surface area contributed by atoms with Crippen molar-refractivity contribution < 1.29 is 14.3 Å². The first-order valence-electron chi connectivity index (χ1n) is 3.68. The number of amides is 1. The topological polar surface area (TPSA) is 96.5 Å². The fraction of sp³-hybridized carbons (Fsp3) is 0.857. The molecule has 5 N–H and O–H groups in total. The lowest BCUT2D eigenvalue weighted by Crippen LogP contribution is -2.11. The highest BCUT2D eigenvalue weighted by atomic mass is 16.5. The number of nitrogens with two attached hydrogens (primary N) is 1.